The van der Waals surface area contributed by atoms with E-state index in [4.69, 9.17) is 0 Å². The number of H-pyrrole nitrogens is 1. The van der Waals surface area contributed by atoms with Crippen molar-refractivity contribution in [3.63, 3.8) is 0 Å². The molecule has 0 spiro atoms. The summed E-state index contributed by atoms with van der Waals surface area (Å²) >= 11 is 0. The number of aromatic nitrogens is 2. The van der Waals surface area contributed by atoms with E-state index in [0.717, 1.165) is 29.2 Å². The Kier molecular flexibility index (Phi) is 3.62. The topological polar surface area (TPSA) is 69.8 Å². The molecule has 0 atom stereocenters. The summed E-state index contributed by atoms with van der Waals surface area (Å²) in [5.74, 6) is -0.0651. The quantitative estimate of drug-likeness (QED) is 0.772. The van der Waals surface area contributed by atoms with Crippen LogP contribution in [-0.4, -0.2) is 16.1 Å². The van der Waals surface area contributed by atoms with Crippen LogP contribution in [0.25, 0.3) is 0 Å². The number of nitrogens with one attached hydrogen (secondary N) is 3. The second-order valence-electron chi connectivity index (χ2n) is 4.13. The lowest BCUT2D eigenvalue weighted by Crippen LogP contribution is -2.05. The fourth-order valence-corrected chi connectivity index (χ4v) is 1.63. The van der Waals surface area contributed by atoms with E-state index in [-0.39, 0.29) is 5.91 Å². The van der Waals surface area contributed by atoms with Crippen LogP contribution in [0.4, 0.5) is 11.4 Å². The number of carbonyl (C=O) groups is 1. The molecule has 5 nitrogen and oxygen atoms in total. The lowest BCUT2D eigenvalue weighted by molar-refractivity contribution is -0.114. The number of hydrogen-bond acceptors (Lipinski definition) is 3. The van der Waals surface area contributed by atoms with Crippen LogP contribution < -0.4 is 10.6 Å². The zero-order valence-electron chi connectivity index (χ0n) is 10.4. The standard InChI is InChI=1S/C13H16N4O/c1-9-11(8-15-17-9)7-14-12-3-5-13(6-4-12)16-10(2)18/h3-6,8,14H,7H2,1-2H3,(H,15,17)(H,16,18). The highest BCUT2D eigenvalue weighted by Gasteiger charge is 2.00. The number of hydrogen-bond donors (Lipinski definition) is 3. The molecule has 0 saturated carbocycles. The van der Waals surface area contributed by atoms with Crippen LogP contribution in [0.3, 0.4) is 0 Å². The molecule has 18 heavy (non-hydrogen) atoms. The van der Waals surface area contributed by atoms with Crippen LogP contribution in [0, 0.1) is 6.92 Å². The second-order valence-corrected chi connectivity index (χ2v) is 4.13. The molecule has 3 N–H and O–H groups in total. The van der Waals surface area contributed by atoms with E-state index < -0.39 is 0 Å². The van der Waals surface area contributed by atoms with Gasteiger partial charge in [0, 0.05) is 36.1 Å². The molecule has 0 bridgehead atoms. The second kappa shape index (κ2) is 5.35. The number of aromatic amines is 1. The van der Waals surface area contributed by atoms with E-state index in [0.29, 0.717) is 0 Å². The van der Waals surface area contributed by atoms with E-state index >= 15 is 0 Å². The average Bonchev–Trinajstić information content (AvgIpc) is 2.73. The van der Waals surface area contributed by atoms with Gasteiger partial charge in [0.2, 0.25) is 5.91 Å². The number of benzene rings is 1. The summed E-state index contributed by atoms with van der Waals surface area (Å²) in [4.78, 5) is 10.9. The first-order chi connectivity index (χ1) is 8.65. The Morgan fingerprint density at radius 2 is 1.94 bits per heavy atom. The number of nitrogens with zero attached hydrogens (tertiary/aromatic N) is 1. The lowest BCUT2D eigenvalue weighted by atomic mass is 10.2. The Balaban J connectivity index is 1.94. The first-order valence-corrected chi connectivity index (χ1v) is 5.75. The zero-order chi connectivity index (χ0) is 13.0. The minimum Gasteiger partial charge on any atom is -0.381 e. The summed E-state index contributed by atoms with van der Waals surface area (Å²) in [5, 5.41) is 12.9. The summed E-state index contributed by atoms with van der Waals surface area (Å²) in [6.07, 6.45) is 1.81. The molecule has 1 amide bonds. The van der Waals surface area contributed by atoms with Gasteiger partial charge >= 0.3 is 0 Å². The Morgan fingerprint density at radius 1 is 1.28 bits per heavy atom. The molecule has 0 aliphatic rings. The molecule has 5 heteroatoms. The molecule has 0 saturated heterocycles. The molecule has 94 valence electrons. The Bertz CT molecular complexity index is 530. The predicted octanol–water partition coefficient (Wildman–Crippen LogP) is 2.29. The van der Waals surface area contributed by atoms with Crippen LogP contribution in [-0.2, 0) is 11.3 Å². The van der Waals surface area contributed by atoms with Gasteiger partial charge in [-0.05, 0) is 31.2 Å². The van der Waals surface area contributed by atoms with Gasteiger partial charge in [-0.3, -0.25) is 9.89 Å². The van der Waals surface area contributed by atoms with Gasteiger partial charge in [0.1, 0.15) is 0 Å². The SMILES string of the molecule is CC(=O)Nc1ccc(NCc2cn[nH]c2C)cc1. The molecule has 1 aromatic heterocycles. The third-order valence-electron chi connectivity index (χ3n) is 2.62. The maximum atomic E-state index is 10.9. The monoisotopic (exact) mass is 244 g/mol. The van der Waals surface area contributed by atoms with Crippen molar-refractivity contribution in [2.24, 2.45) is 0 Å². The largest absolute Gasteiger partial charge is 0.381 e. The minimum absolute atomic E-state index is 0.0651. The van der Waals surface area contributed by atoms with Crippen molar-refractivity contribution in [1.29, 1.82) is 0 Å². The highest BCUT2D eigenvalue weighted by atomic mass is 16.1. The molecule has 2 aromatic rings. The van der Waals surface area contributed by atoms with E-state index in [1.807, 2.05) is 37.4 Å². The van der Waals surface area contributed by atoms with Gasteiger partial charge in [-0.15, -0.1) is 0 Å². The maximum absolute atomic E-state index is 10.9. The van der Waals surface area contributed by atoms with Gasteiger partial charge in [-0.2, -0.15) is 5.10 Å². The smallest absolute Gasteiger partial charge is 0.221 e. The molecule has 0 fully saturated rings. The number of amides is 1. The van der Waals surface area contributed by atoms with Crippen molar-refractivity contribution < 1.29 is 4.79 Å². The average molecular weight is 244 g/mol. The van der Waals surface area contributed by atoms with Crippen molar-refractivity contribution >= 4 is 17.3 Å². The molecular formula is C13H16N4O. The van der Waals surface area contributed by atoms with Crippen LogP contribution in [0.5, 0.6) is 0 Å². The minimum atomic E-state index is -0.0651. The van der Waals surface area contributed by atoms with Crippen LogP contribution in [0.2, 0.25) is 0 Å². The molecular weight excluding hydrogens is 228 g/mol. The molecule has 1 aromatic carbocycles. The molecule has 2 rings (SSSR count). The highest BCUT2D eigenvalue weighted by Crippen LogP contribution is 2.14. The third-order valence-corrected chi connectivity index (χ3v) is 2.62. The summed E-state index contributed by atoms with van der Waals surface area (Å²) in [6, 6.07) is 7.60. The highest BCUT2D eigenvalue weighted by molar-refractivity contribution is 5.88. The zero-order valence-corrected chi connectivity index (χ0v) is 10.4. The summed E-state index contributed by atoms with van der Waals surface area (Å²) in [5.41, 5.74) is 4.01. The molecule has 0 aliphatic heterocycles. The first-order valence-electron chi connectivity index (χ1n) is 5.75. The molecule has 1 heterocycles. The Morgan fingerprint density at radius 3 is 2.50 bits per heavy atom. The van der Waals surface area contributed by atoms with E-state index in [1.165, 1.54) is 6.92 Å². The lowest BCUT2D eigenvalue weighted by Gasteiger charge is -2.07. The van der Waals surface area contributed by atoms with Crippen molar-refractivity contribution in [2.75, 3.05) is 10.6 Å². The normalized spacial score (nSPS) is 10.1. The Labute approximate surface area is 106 Å². The predicted molar refractivity (Wildman–Crippen MR) is 71.4 cm³/mol. The van der Waals surface area contributed by atoms with E-state index in [2.05, 4.69) is 20.8 Å². The number of rotatable bonds is 4. The first kappa shape index (κ1) is 12.2. The van der Waals surface area contributed by atoms with Crippen LogP contribution in [0.15, 0.2) is 30.5 Å². The number of anilines is 2. The number of carbonyl (C=O) groups excluding carboxylic acids is 1. The third kappa shape index (κ3) is 3.10. The van der Waals surface area contributed by atoms with Crippen molar-refractivity contribution in [3.8, 4) is 0 Å². The van der Waals surface area contributed by atoms with Crippen molar-refractivity contribution in [3.05, 3.63) is 41.7 Å². The van der Waals surface area contributed by atoms with Gasteiger partial charge in [-0.25, -0.2) is 0 Å². The fraction of sp³-hybridized carbons (Fsp3) is 0.231. The van der Waals surface area contributed by atoms with Gasteiger partial charge in [-0.1, -0.05) is 0 Å². The summed E-state index contributed by atoms with van der Waals surface area (Å²) in [6.45, 7) is 4.21. The van der Waals surface area contributed by atoms with Gasteiger partial charge in [0.15, 0.2) is 0 Å². The van der Waals surface area contributed by atoms with Gasteiger partial charge < -0.3 is 10.6 Å². The van der Waals surface area contributed by atoms with Crippen LogP contribution in [0.1, 0.15) is 18.2 Å². The Hall–Kier alpha value is -2.30. The molecule has 0 radical (unpaired) electrons. The summed E-state index contributed by atoms with van der Waals surface area (Å²) in [7, 11) is 0. The fourth-order valence-electron chi connectivity index (χ4n) is 1.63. The van der Waals surface area contributed by atoms with Crippen LogP contribution >= 0.6 is 0 Å². The van der Waals surface area contributed by atoms with E-state index in [1.54, 1.807) is 0 Å². The number of aryl methyl sites for hydroxylation is 1. The molecule has 0 unspecified atom stereocenters. The van der Waals surface area contributed by atoms with Gasteiger partial charge in [0.05, 0.1) is 6.20 Å². The molecule has 0 aliphatic carbocycles. The van der Waals surface area contributed by atoms with Crippen molar-refractivity contribution in [1.82, 2.24) is 10.2 Å². The van der Waals surface area contributed by atoms with Gasteiger partial charge in [0.25, 0.3) is 0 Å². The summed E-state index contributed by atoms with van der Waals surface area (Å²) < 4.78 is 0. The maximum Gasteiger partial charge on any atom is 0.221 e. The van der Waals surface area contributed by atoms with E-state index in [9.17, 15) is 4.79 Å². The van der Waals surface area contributed by atoms with Crippen molar-refractivity contribution in [2.45, 2.75) is 20.4 Å².